The summed E-state index contributed by atoms with van der Waals surface area (Å²) < 4.78 is 0. The van der Waals surface area contributed by atoms with E-state index in [0.29, 0.717) is 0 Å². The molecule has 1 aliphatic rings. The Bertz CT molecular complexity index is 458. The Morgan fingerprint density at radius 1 is 1.06 bits per heavy atom. The predicted octanol–water partition coefficient (Wildman–Crippen LogP) is 3.70. The lowest BCUT2D eigenvalue weighted by Crippen LogP contribution is -2.23. The summed E-state index contributed by atoms with van der Waals surface area (Å²) in [6, 6.07) is 8.16. The molecule has 0 bridgehead atoms. The van der Waals surface area contributed by atoms with Crippen LogP contribution in [0.3, 0.4) is 0 Å². The zero-order valence-electron chi connectivity index (χ0n) is 9.69. The number of rotatable bonds is 4. The van der Waals surface area contributed by atoms with E-state index in [2.05, 4.69) is 35.9 Å². The van der Waals surface area contributed by atoms with Crippen LogP contribution in [-0.2, 0) is 0 Å². The molecule has 0 radical (unpaired) electrons. The second kappa shape index (κ2) is 5.21. The van der Waals surface area contributed by atoms with Gasteiger partial charge in [-0.2, -0.15) is 0 Å². The van der Waals surface area contributed by atoms with Crippen molar-refractivity contribution in [2.45, 2.75) is 6.17 Å². The highest BCUT2D eigenvalue weighted by Gasteiger charge is 2.20. The van der Waals surface area contributed by atoms with E-state index in [9.17, 15) is 0 Å². The van der Waals surface area contributed by atoms with Crippen molar-refractivity contribution in [2.75, 3.05) is 10.6 Å². The van der Waals surface area contributed by atoms with Crippen LogP contribution < -0.4 is 10.6 Å². The highest BCUT2D eigenvalue weighted by atomic mass is 15.2. The number of hydrogen-bond donors (Lipinski definition) is 2. The van der Waals surface area contributed by atoms with Gasteiger partial charge in [0.15, 0.2) is 0 Å². The highest BCUT2D eigenvalue weighted by Crippen LogP contribution is 2.30. The van der Waals surface area contributed by atoms with Crippen LogP contribution in [0.5, 0.6) is 0 Å². The number of anilines is 2. The van der Waals surface area contributed by atoms with Gasteiger partial charge < -0.3 is 10.6 Å². The lowest BCUT2D eigenvalue weighted by Gasteiger charge is -2.13. The molecule has 1 aromatic carbocycles. The number of nitrogens with one attached hydrogen (secondary N) is 2. The first-order valence-electron chi connectivity index (χ1n) is 5.59. The molecule has 2 heteroatoms. The van der Waals surface area contributed by atoms with E-state index in [0.717, 1.165) is 16.9 Å². The molecular formula is C15H16N2. The Morgan fingerprint density at radius 3 is 2.24 bits per heavy atom. The average Bonchev–Trinajstić information content (AvgIpc) is 2.78. The first-order chi connectivity index (χ1) is 8.35. The van der Waals surface area contributed by atoms with Crippen LogP contribution in [-0.4, -0.2) is 6.17 Å². The second-order valence-electron chi connectivity index (χ2n) is 3.76. The molecule has 17 heavy (non-hydrogen) atoms. The largest absolute Gasteiger partial charge is 0.360 e. The predicted molar refractivity (Wildman–Crippen MR) is 75.1 cm³/mol. The Hall–Kier alpha value is -2.22. The van der Waals surface area contributed by atoms with Crippen LogP contribution in [0, 0.1) is 0 Å². The van der Waals surface area contributed by atoms with Crippen LogP contribution >= 0.6 is 0 Å². The second-order valence-corrected chi connectivity index (χ2v) is 3.76. The minimum absolute atomic E-state index is 0.0848. The molecule has 86 valence electrons. The van der Waals surface area contributed by atoms with Crippen molar-refractivity contribution < 1.29 is 0 Å². The van der Waals surface area contributed by atoms with Crippen molar-refractivity contribution in [3.63, 3.8) is 0 Å². The van der Waals surface area contributed by atoms with E-state index in [1.165, 1.54) is 0 Å². The topological polar surface area (TPSA) is 24.1 Å². The maximum atomic E-state index is 3.74. The molecule has 0 aromatic heterocycles. The van der Waals surface area contributed by atoms with Crippen molar-refractivity contribution in [1.82, 2.24) is 0 Å². The van der Waals surface area contributed by atoms with Gasteiger partial charge in [-0.3, -0.25) is 0 Å². The molecule has 0 atom stereocenters. The summed E-state index contributed by atoms with van der Waals surface area (Å²) in [4.78, 5) is 0. The molecule has 2 rings (SSSR count). The summed E-state index contributed by atoms with van der Waals surface area (Å²) in [6.45, 7) is 7.42. The SMILES string of the molecule is C=C/C=C\C(=C/C=C)C1Nc2ccccc2N1. The average molecular weight is 224 g/mol. The molecule has 1 aliphatic heterocycles. The Balaban J connectivity index is 2.20. The number of allylic oxidation sites excluding steroid dienone is 4. The van der Waals surface area contributed by atoms with E-state index < -0.39 is 0 Å². The molecule has 0 spiro atoms. The van der Waals surface area contributed by atoms with Crippen molar-refractivity contribution in [3.8, 4) is 0 Å². The van der Waals surface area contributed by atoms with Crippen molar-refractivity contribution >= 4 is 11.4 Å². The summed E-state index contributed by atoms with van der Waals surface area (Å²) in [6.07, 6.45) is 9.55. The summed E-state index contributed by atoms with van der Waals surface area (Å²) >= 11 is 0. The van der Waals surface area contributed by atoms with E-state index in [4.69, 9.17) is 0 Å². The normalized spacial score (nSPS) is 15.2. The van der Waals surface area contributed by atoms with Crippen LogP contribution in [0.1, 0.15) is 0 Å². The minimum Gasteiger partial charge on any atom is -0.360 e. The monoisotopic (exact) mass is 224 g/mol. The van der Waals surface area contributed by atoms with Gasteiger partial charge in [0, 0.05) is 0 Å². The Kier molecular flexibility index (Phi) is 3.46. The molecule has 0 saturated heterocycles. The van der Waals surface area contributed by atoms with Gasteiger partial charge in [-0.25, -0.2) is 0 Å². The molecule has 2 nitrogen and oxygen atoms in total. The first-order valence-corrected chi connectivity index (χ1v) is 5.59. The van der Waals surface area contributed by atoms with Gasteiger partial charge >= 0.3 is 0 Å². The number of hydrogen-bond acceptors (Lipinski definition) is 2. The molecule has 0 unspecified atom stereocenters. The zero-order valence-corrected chi connectivity index (χ0v) is 9.69. The van der Waals surface area contributed by atoms with Gasteiger partial charge in [0.05, 0.1) is 11.4 Å². The van der Waals surface area contributed by atoms with E-state index in [-0.39, 0.29) is 6.17 Å². The van der Waals surface area contributed by atoms with Crippen molar-refractivity contribution in [3.05, 3.63) is 73.4 Å². The maximum Gasteiger partial charge on any atom is 0.123 e. The van der Waals surface area contributed by atoms with Gasteiger partial charge in [-0.15, -0.1) is 0 Å². The quantitative estimate of drug-likeness (QED) is 0.762. The number of para-hydroxylation sites is 2. The Morgan fingerprint density at radius 2 is 1.71 bits per heavy atom. The molecule has 0 saturated carbocycles. The number of benzene rings is 1. The van der Waals surface area contributed by atoms with E-state index in [1.807, 2.05) is 30.4 Å². The third kappa shape index (κ3) is 2.48. The van der Waals surface area contributed by atoms with Crippen LogP contribution in [0.4, 0.5) is 11.4 Å². The van der Waals surface area contributed by atoms with Gasteiger partial charge in [-0.1, -0.05) is 55.7 Å². The van der Waals surface area contributed by atoms with E-state index in [1.54, 1.807) is 12.2 Å². The van der Waals surface area contributed by atoms with Gasteiger partial charge in [0.25, 0.3) is 0 Å². The van der Waals surface area contributed by atoms with Crippen molar-refractivity contribution in [2.24, 2.45) is 0 Å². The fourth-order valence-electron chi connectivity index (χ4n) is 1.81. The fourth-order valence-corrected chi connectivity index (χ4v) is 1.81. The van der Waals surface area contributed by atoms with Gasteiger partial charge in [-0.05, 0) is 17.7 Å². The molecule has 0 fully saturated rings. The lowest BCUT2D eigenvalue weighted by molar-refractivity contribution is 1.01. The molecular weight excluding hydrogens is 208 g/mol. The maximum absolute atomic E-state index is 3.74. The lowest BCUT2D eigenvalue weighted by atomic mass is 10.1. The van der Waals surface area contributed by atoms with Crippen molar-refractivity contribution in [1.29, 1.82) is 0 Å². The van der Waals surface area contributed by atoms with E-state index >= 15 is 0 Å². The van der Waals surface area contributed by atoms with Gasteiger partial charge in [0.2, 0.25) is 0 Å². The van der Waals surface area contributed by atoms with Crippen LogP contribution in [0.25, 0.3) is 0 Å². The third-order valence-electron chi connectivity index (χ3n) is 2.60. The smallest absolute Gasteiger partial charge is 0.123 e. The number of fused-ring (bicyclic) bond motifs is 1. The zero-order chi connectivity index (χ0) is 12.1. The van der Waals surface area contributed by atoms with Crippen LogP contribution in [0.15, 0.2) is 73.4 Å². The summed E-state index contributed by atoms with van der Waals surface area (Å²) in [5.41, 5.74) is 3.37. The molecule has 0 amide bonds. The summed E-state index contributed by atoms with van der Waals surface area (Å²) in [5.74, 6) is 0. The minimum atomic E-state index is 0.0848. The fraction of sp³-hybridized carbons (Fsp3) is 0.0667. The molecule has 2 N–H and O–H groups in total. The standard InChI is InChI=1S/C15H16N2/c1-3-5-9-12(8-4-2)15-16-13-10-6-7-11-14(13)17-15/h3-11,15-17H,1-2H2/b9-5-,12-8+. The molecule has 0 aliphatic carbocycles. The third-order valence-corrected chi connectivity index (χ3v) is 2.60. The summed E-state index contributed by atoms with van der Waals surface area (Å²) in [5, 5.41) is 6.83. The first kappa shape index (κ1) is 11.3. The van der Waals surface area contributed by atoms with Gasteiger partial charge in [0.1, 0.15) is 6.17 Å². The molecule has 1 aromatic rings. The summed E-state index contributed by atoms with van der Waals surface area (Å²) in [7, 11) is 0. The van der Waals surface area contributed by atoms with Crippen LogP contribution in [0.2, 0.25) is 0 Å². The molecule has 1 heterocycles. The Labute approximate surface area is 102 Å². The highest BCUT2D eigenvalue weighted by molar-refractivity contribution is 5.76.